The van der Waals surface area contributed by atoms with Crippen molar-refractivity contribution >= 4 is 44.1 Å². The Kier molecular flexibility index (Phi) is 9.90. The minimum Gasteiger partial charge on any atom is -0.488 e. The average molecular weight is 649 g/mol. The van der Waals surface area contributed by atoms with Crippen molar-refractivity contribution < 1.29 is 32.2 Å². The van der Waals surface area contributed by atoms with Gasteiger partial charge in [-0.2, -0.15) is 4.31 Å². The Balaban J connectivity index is 1.41. The third-order valence-corrected chi connectivity index (χ3v) is 10.0. The van der Waals surface area contributed by atoms with E-state index in [0.29, 0.717) is 22.7 Å². The molecule has 0 radical (unpaired) electrons. The van der Waals surface area contributed by atoms with Crippen LogP contribution in [-0.4, -0.2) is 73.6 Å². The number of rotatable bonds is 8. The molecule has 12 heteroatoms. The van der Waals surface area contributed by atoms with E-state index in [1.807, 2.05) is 49.4 Å². The molecule has 0 bridgehead atoms. The Morgan fingerprint density at radius 1 is 1.07 bits per heavy atom. The standard InChI is InChI=1S/C34H37FN4O6S/c1-22-19-39(23(2)21-40)33(41)18-25-17-27(36-34(42)37-30-10-6-8-24-7-4-5-9-29(24)30)13-16-31(25)45-32(22)20-38(3)46(43,44)28-14-11-26(35)12-15-28/h4-17,22-23,32,40H,18-21H2,1-3H3,(H2,36,37,42)/t22-,23+,32+/m1/s1. The number of amides is 3. The lowest BCUT2D eigenvalue weighted by molar-refractivity contribution is -0.134. The molecular weight excluding hydrogens is 611 g/mol. The van der Waals surface area contributed by atoms with Gasteiger partial charge in [-0.15, -0.1) is 0 Å². The number of nitrogens with zero attached hydrogens (tertiary/aromatic N) is 2. The summed E-state index contributed by atoms with van der Waals surface area (Å²) in [5.74, 6) is -0.770. The van der Waals surface area contributed by atoms with Gasteiger partial charge in [-0.1, -0.05) is 43.3 Å². The summed E-state index contributed by atoms with van der Waals surface area (Å²) in [6.45, 7) is 3.48. The van der Waals surface area contributed by atoms with Crippen molar-refractivity contribution in [3.05, 3.63) is 96.3 Å². The third kappa shape index (κ3) is 7.30. The number of sulfonamides is 1. The maximum Gasteiger partial charge on any atom is 0.323 e. The fraction of sp³-hybridized carbons (Fsp3) is 0.294. The SMILES string of the molecule is C[C@@H]1CN([C@@H](C)CO)C(=O)Cc2cc(NC(=O)Nc3cccc4ccccc34)ccc2O[C@H]1CN(C)S(=O)(=O)c1ccc(F)cc1. The smallest absolute Gasteiger partial charge is 0.323 e. The molecule has 10 nitrogen and oxygen atoms in total. The number of nitrogens with one attached hydrogen (secondary N) is 2. The van der Waals surface area contributed by atoms with Gasteiger partial charge in [0.15, 0.2) is 0 Å². The first-order chi connectivity index (χ1) is 22.0. The Morgan fingerprint density at radius 3 is 2.52 bits per heavy atom. The predicted molar refractivity (Wildman–Crippen MR) is 175 cm³/mol. The van der Waals surface area contributed by atoms with E-state index in [2.05, 4.69) is 10.6 Å². The third-order valence-electron chi connectivity index (χ3n) is 8.17. The van der Waals surface area contributed by atoms with Crippen LogP contribution in [0.3, 0.4) is 0 Å². The first-order valence-corrected chi connectivity index (χ1v) is 16.4. The van der Waals surface area contributed by atoms with Crippen LogP contribution in [0, 0.1) is 11.7 Å². The van der Waals surface area contributed by atoms with Crippen LogP contribution >= 0.6 is 0 Å². The van der Waals surface area contributed by atoms with Crippen LogP contribution in [0.1, 0.15) is 19.4 Å². The number of carbonyl (C=O) groups is 2. The predicted octanol–water partition coefficient (Wildman–Crippen LogP) is 5.09. The monoisotopic (exact) mass is 648 g/mol. The summed E-state index contributed by atoms with van der Waals surface area (Å²) in [6.07, 6.45) is -0.768. The number of urea groups is 1. The van der Waals surface area contributed by atoms with Crippen LogP contribution in [0.4, 0.5) is 20.6 Å². The molecule has 4 aromatic carbocycles. The van der Waals surface area contributed by atoms with Gasteiger partial charge in [0, 0.05) is 36.1 Å². The molecule has 1 aliphatic heterocycles. The molecule has 0 fully saturated rings. The van der Waals surface area contributed by atoms with Gasteiger partial charge in [0.05, 0.1) is 36.2 Å². The molecule has 0 saturated carbocycles. The molecule has 0 unspecified atom stereocenters. The first kappa shape index (κ1) is 32.9. The molecule has 0 spiro atoms. The number of hydrogen-bond donors (Lipinski definition) is 3. The quantitative estimate of drug-likeness (QED) is 0.244. The first-order valence-electron chi connectivity index (χ1n) is 14.9. The Labute approximate surface area is 267 Å². The molecule has 0 aliphatic carbocycles. The largest absolute Gasteiger partial charge is 0.488 e. The highest BCUT2D eigenvalue weighted by Gasteiger charge is 2.33. The van der Waals surface area contributed by atoms with E-state index in [4.69, 9.17) is 4.74 Å². The van der Waals surface area contributed by atoms with E-state index >= 15 is 0 Å². The summed E-state index contributed by atoms with van der Waals surface area (Å²) >= 11 is 0. The zero-order valence-electron chi connectivity index (χ0n) is 25.8. The van der Waals surface area contributed by atoms with E-state index in [1.165, 1.54) is 19.2 Å². The Morgan fingerprint density at radius 2 is 1.78 bits per heavy atom. The van der Waals surface area contributed by atoms with E-state index in [1.54, 1.807) is 30.0 Å². The summed E-state index contributed by atoms with van der Waals surface area (Å²) in [4.78, 5) is 28.1. The number of fused-ring (bicyclic) bond motifs is 2. The van der Waals surface area contributed by atoms with Gasteiger partial charge in [0.1, 0.15) is 17.7 Å². The highest BCUT2D eigenvalue weighted by Crippen LogP contribution is 2.30. The number of hydrogen-bond acceptors (Lipinski definition) is 6. The lowest BCUT2D eigenvalue weighted by atomic mass is 10.0. The van der Waals surface area contributed by atoms with Crippen molar-refractivity contribution in [3.63, 3.8) is 0 Å². The molecule has 3 amide bonds. The highest BCUT2D eigenvalue weighted by atomic mass is 32.2. The van der Waals surface area contributed by atoms with E-state index in [-0.39, 0.29) is 42.8 Å². The minimum atomic E-state index is -3.98. The van der Waals surface area contributed by atoms with Crippen LogP contribution in [0.25, 0.3) is 10.8 Å². The highest BCUT2D eigenvalue weighted by molar-refractivity contribution is 7.89. The lowest BCUT2D eigenvalue weighted by Gasteiger charge is -2.33. The molecule has 1 heterocycles. The van der Waals surface area contributed by atoms with Crippen molar-refractivity contribution in [2.24, 2.45) is 5.92 Å². The Bertz CT molecular complexity index is 1830. The van der Waals surface area contributed by atoms with Crippen LogP contribution in [0.5, 0.6) is 5.75 Å². The maximum atomic E-state index is 13.6. The number of halogens is 1. The molecule has 46 heavy (non-hydrogen) atoms. The van der Waals surface area contributed by atoms with Crippen LogP contribution in [0.2, 0.25) is 0 Å². The second kappa shape index (κ2) is 13.9. The van der Waals surface area contributed by atoms with Gasteiger partial charge in [0.25, 0.3) is 0 Å². The zero-order valence-corrected chi connectivity index (χ0v) is 26.6. The van der Waals surface area contributed by atoms with Gasteiger partial charge >= 0.3 is 6.03 Å². The van der Waals surface area contributed by atoms with E-state index in [9.17, 15) is 27.5 Å². The van der Waals surface area contributed by atoms with Crippen molar-refractivity contribution in [1.82, 2.24) is 9.21 Å². The molecule has 242 valence electrons. The maximum absolute atomic E-state index is 13.6. The second-order valence-electron chi connectivity index (χ2n) is 11.6. The van der Waals surface area contributed by atoms with Crippen molar-refractivity contribution in [2.45, 2.75) is 37.3 Å². The Hall–Kier alpha value is -4.52. The molecule has 5 rings (SSSR count). The zero-order chi connectivity index (χ0) is 33.0. The number of carbonyl (C=O) groups excluding carboxylic acids is 2. The molecule has 3 N–H and O–H groups in total. The van der Waals surface area contributed by atoms with Crippen LogP contribution in [0.15, 0.2) is 89.8 Å². The van der Waals surface area contributed by atoms with E-state index in [0.717, 1.165) is 27.2 Å². The van der Waals surface area contributed by atoms with E-state index < -0.39 is 34.0 Å². The minimum absolute atomic E-state index is 0.0595. The molecule has 1 aliphatic rings. The normalized spacial score (nSPS) is 17.8. The fourth-order valence-corrected chi connectivity index (χ4v) is 6.67. The number of ether oxygens (including phenoxy) is 1. The molecule has 0 saturated heterocycles. The number of aliphatic hydroxyl groups excluding tert-OH is 1. The summed E-state index contributed by atoms with van der Waals surface area (Å²) in [5, 5.41) is 17.5. The summed E-state index contributed by atoms with van der Waals surface area (Å²) in [5.41, 5.74) is 1.56. The second-order valence-corrected chi connectivity index (χ2v) is 13.6. The number of anilines is 2. The number of aliphatic hydroxyl groups is 1. The molecule has 0 aromatic heterocycles. The van der Waals surface area contributed by atoms with Gasteiger partial charge in [0.2, 0.25) is 15.9 Å². The van der Waals surface area contributed by atoms with Gasteiger partial charge in [-0.25, -0.2) is 17.6 Å². The molecule has 3 atom stereocenters. The summed E-state index contributed by atoms with van der Waals surface area (Å²) in [7, 11) is -2.56. The van der Waals surface area contributed by atoms with Crippen molar-refractivity contribution in [1.29, 1.82) is 0 Å². The van der Waals surface area contributed by atoms with Crippen LogP contribution in [-0.2, 0) is 21.2 Å². The lowest BCUT2D eigenvalue weighted by Crippen LogP contribution is -2.48. The average Bonchev–Trinajstić information content (AvgIpc) is 3.08. The van der Waals surface area contributed by atoms with Gasteiger partial charge < -0.3 is 25.4 Å². The summed E-state index contributed by atoms with van der Waals surface area (Å²) in [6, 6.07) is 21.9. The van der Waals surface area contributed by atoms with Crippen LogP contribution < -0.4 is 15.4 Å². The molecule has 4 aromatic rings. The number of benzene rings is 4. The molecular formula is C34H37FN4O6S. The summed E-state index contributed by atoms with van der Waals surface area (Å²) < 4.78 is 47.7. The van der Waals surface area contributed by atoms with Gasteiger partial charge in [-0.3, -0.25) is 4.79 Å². The van der Waals surface area contributed by atoms with Crippen molar-refractivity contribution in [2.75, 3.05) is 37.4 Å². The number of likely N-dealkylation sites (N-methyl/N-ethyl adjacent to an activating group) is 1. The van der Waals surface area contributed by atoms with Gasteiger partial charge in [-0.05, 0) is 60.8 Å². The fourth-order valence-electron chi connectivity index (χ4n) is 5.48. The van der Waals surface area contributed by atoms with Crippen molar-refractivity contribution in [3.8, 4) is 5.75 Å². The topological polar surface area (TPSA) is 128 Å².